The first-order chi connectivity index (χ1) is 12.1. The van der Waals surface area contributed by atoms with E-state index in [9.17, 15) is 9.59 Å². The summed E-state index contributed by atoms with van der Waals surface area (Å²) < 4.78 is 10.4. The smallest absolute Gasteiger partial charge is 0.325 e. The standard InChI is InChI=1S/C16H12ClN3O4S/c17-11-5-3-10(4-6-11)16-20-19-13(24-16)9-23-14(21)8-18-15(22)12-2-1-7-25-12/h1-7H,8-9H2,(H,18,22). The summed E-state index contributed by atoms with van der Waals surface area (Å²) in [4.78, 5) is 23.9. The van der Waals surface area contributed by atoms with Gasteiger partial charge in [-0.3, -0.25) is 9.59 Å². The molecule has 0 radical (unpaired) electrons. The number of amides is 1. The predicted octanol–water partition coefficient (Wildman–Crippen LogP) is 2.92. The number of aromatic nitrogens is 2. The highest BCUT2D eigenvalue weighted by atomic mass is 35.5. The van der Waals surface area contributed by atoms with Crippen LogP contribution in [-0.4, -0.2) is 28.6 Å². The summed E-state index contributed by atoms with van der Waals surface area (Å²) in [5.74, 6) is -0.470. The van der Waals surface area contributed by atoms with Crippen molar-refractivity contribution in [1.82, 2.24) is 15.5 Å². The SMILES string of the molecule is O=C(CNC(=O)c1cccs1)OCc1nnc(-c2ccc(Cl)cc2)o1. The Labute approximate surface area is 151 Å². The van der Waals surface area contributed by atoms with Crippen LogP contribution in [0.15, 0.2) is 46.2 Å². The molecule has 0 aliphatic rings. The second-order valence-corrected chi connectivity index (χ2v) is 6.21. The highest BCUT2D eigenvalue weighted by Crippen LogP contribution is 2.20. The fourth-order valence-corrected chi connectivity index (χ4v) is 2.63. The number of hydrogen-bond acceptors (Lipinski definition) is 7. The Kier molecular flexibility index (Phi) is 5.42. The summed E-state index contributed by atoms with van der Waals surface area (Å²) in [7, 11) is 0. The molecule has 128 valence electrons. The van der Waals surface area contributed by atoms with Gasteiger partial charge in [0.2, 0.25) is 5.89 Å². The van der Waals surface area contributed by atoms with E-state index in [-0.39, 0.29) is 24.9 Å². The van der Waals surface area contributed by atoms with Gasteiger partial charge in [-0.1, -0.05) is 17.7 Å². The molecule has 1 aromatic carbocycles. The molecule has 0 spiro atoms. The predicted molar refractivity (Wildman–Crippen MR) is 91.2 cm³/mol. The second kappa shape index (κ2) is 7.91. The molecule has 0 saturated heterocycles. The number of carbonyl (C=O) groups excluding carboxylic acids is 2. The molecule has 25 heavy (non-hydrogen) atoms. The van der Waals surface area contributed by atoms with Crippen molar-refractivity contribution in [2.24, 2.45) is 0 Å². The molecule has 2 heterocycles. The molecule has 0 bridgehead atoms. The molecule has 0 unspecified atom stereocenters. The zero-order valence-electron chi connectivity index (χ0n) is 12.8. The lowest BCUT2D eigenvalue weighted by Gasteiger charge is -2.03. The van der Waals surface area contributed by atoms with Crippen LogP contribution in [0.25, 0.3) is 11.5 Å². The highest BCUT2D eigenvalue weighted by Gasteiger charge is 2.13. The van der Waals surface area contributed by atoms with Gasteiger partial charge in [-0.05, 0) is 35.7 Å². The van der Waals surface area contributed by atoms with Gasteiger partial charge in [0.15, 0.2) is 6.61 Å². The number of carbonyl (C=O) groups is 2. The van der Waals surface area contributed by atoms with Gasteiger partial charge < -0.3 is 14.5 Å². The molecule has 7 nitrogen and oxygen atoms in total. The summed E-state index contributed by atoms with van der Waals surface area (Å²) in [6, 6.07) is 10.3. The largest absolute Gasteiger partial charge is 0.454 e. The van der Waals surface area contributed by atoms with Crippen molar-refractivity contribution in [2.75, 3.05) is 6.54 Å². The number of thiophene rings is 1. The number of rotatable bonds is 6. The molecule has 9 heteroatoms. The molecular formula is C16H12ClN3O4S. The Morgan fingerprint density at radius 2 is 2.00 bits per heavy atom. The Morgan fingerprint density at radius 1 is 1.20 bits per heavy atom. The summed E-state index contributed by atoms with van der Waals surface area (Å²) >= 11 is 7.11. The van der Waals surface area contributed by atoms with E-state index in [1.54, 1.807) is 41.8 Å². The molecule has 0 fully saturated rings. The van der Waals surface area contributed by atoms with E-state index in [1.807, 2.05) is 0 Å². The Bertz CT molecular complexity index is 862. The fourth-order valence-electron chi connectivity index (χ4n) is 1.86. The third-order valence-electron chi connectivity index (χ3n) is 3.05. The first kappa shape index (κ1) is 17.1. The van der Waals surface area contributed by atoms with Crippen molar-refractivity contribution in [3.05, 3.63) is 57.6 Å². The van der Waals surface area contributed by atoms with E-state index < -0.39 is 5.97 Å². The lowest BCUT2D eigenvalue weighted by atomic mass is 10.2. The molecule has 1 amide bonds. The number of ether oxygens (including phenoxy) is 1. The first-order valence-corrected chi connectivity index (χ1v) is 8.43. The third kappa shape index (κ3) is 4.65. The molecule has 3 aromatic rings. The second-order valence-electron chi connectivity index (χ2n) is 4.83. The van der Waals surface area contributed by atoms with Gasteiger partial charge in [0.1, 0.15) is 6.54 Å². The van der Waals surface area contributed by atoms with Gasteiger partial charge in [0, 0.05) is 10.6 Å². The molecular weight excluding hydrogens is 366 g/mol. The van der Waals surface area contributed by atoms with Crippen LogP contribution in [0.4, 0.5) is 0 Å². The quantitative estimate of drug-likeness (QED) is 0.664. The van der Waals surface area contributed by atoms with Crippen LogP contribution in [0.3, 0.4) is 0 Å². The average Bonchev–Trinajstić information content (AvgIpc) is 3.30. The van der Waals surface area contributed by atoms with Crippen LogP contribution in [0, 0.1) is 0 Å². The van der Waals surface area contributed by atoms with E-state index in [0.717, 1.165) is 0 Å². The van der Waals surface area contributed by atoms with Gasteiger partial charge in [-0.25, -0.2) is 0 Å². The van der Waals surface area contributed by atoms with E-state index in [0.29, 0.717) is 21.4 Å². The van der Waals surface area contributed by atoms with Gasteiger partial charge in [-0.2, -0.15) is 0 Å². The molecule has 0 saturated carbocycles. The molecule has 1 N–H and O–H groups in total. The maximum atomic E-state index is 11.7. The molecule has 3 rings (SSSR count). The molecule has 0 aliphatic carbocycles. The minimum Gasteiger partial charge on any atom is -0.454 e. The minimum atomic E-state index is -0.601. The summed E-state index contributed by atoms with van der Waals surface area (Å²) in [5, 5.41) is 12.5. The van der Waals surface area contributed by atoms with Gasteiger partial charge in [0.25, 0.3) is 11.8 Å². The van der Waals surface area contributed by atoms with Crippen LogP contribution < -0.4 is 5.32 Å². The van der Waals surface area contributed by atoms with Crippen molar-refractivity contribution in [3.8, 4) is 11.5 Å². The Balaban J connectivity index is 1.48. The van der Waals surface area contributed by atoms with E-state index in [4.69, 9.17) is 20.8 Å². The number of nitrogens with zero attached hydrogens (tertiary/aromatic N) is 2. The zero-order valence-corrected chi connectivity index (χ0v) is 14.3. The zero-order chi connectivity index (χ0) is 17.6. The van der Waals surface area contributed by atoms with E-state index in [2.05, 4.69) is 15.5 Å². The molecule has 0 atom stereocenters. The van der Waals surface area contributed by atoms with Gasteiger partial charge in [-0.15, -0.1) is 21.5 Å². The monoisotopic (exact) mass is 377 g/mol. The average molecular weight is 378 g/mol. The van der Waals surface area contributed by atoms with E-state index >= 15 is 0 Å². The van der Waals surface area contributed by atoms with Crippen LogP contribution in [0.1, 0.15) is 15.6 Å². The van der Waals surface area contributed by atoms with Crippen molar-refractivity contribution in [1.29, 1.82) is 0 Å². The first-order valence-electron chi connectivity index (χ1n) is 7.17. The van der Waals surface area contributed by atoms with Crippen molar-refractivity contribution in [2.45, 2.75) is 6.61 Å². The number of esters is 1. The number of nitrogens with one attached hydrogen (secondary N) is 1. The van der Waals surface area contributed by atoms with Crippen molar-refractivity contribution < 1.29 is 18.7 Å². The summed E-state index contributed by atoms with van der Waals surface area (Å²) in [6.07, 6.45) is 0. The van der Waals surface area contributed by atoms with E-state index in [1.165, 1.54) is 11.3 Å². The lowest BCUT2D eigenvalue weighted by Crippen LogP contribution is -2.30. The van der Waals surface area contributed by atoms with Crippen LogP contribution in [-0.2, 0) is 16.1 Å². The van der Waals surface area contributed by atoms with Crippen LogP contribution in [0.5, 0.6) is 0 Å². The lowest BCUT2D eigenvalue weighted by molar-refractivity contribution is -0.144. The number of halogens is 1. The third-order valence-corrected chi connectivity index (χ3v) is 4.17. The van der Waals surface area contributed by atoms with Gasteiger partial charge in [0.05, 0.1) is 4.88 Å². The van der Waals surface area contributed by atoms with Crippen molar-refractivity contribution in [3.63, 3.8) is 0 Å². The Hall–Kier alpha value is -2.71. The Morgan fingerprint density at radius 3 is 2.72 bits per heavy atom. The maximum absolute atomic E-state index is 11.7. The van der Waals surface area contributed by atoms with Crippen LogP contribution in [0.2, 0.25) is 5.02 Å². The van der Waals surface area contributed by atoms with Crippen LogP contribution >= 0.6 is 22.9 Å². The van der Waals surface area contributed by atoms with Gasteiger partial charge >= 0.3 is 5.97 Å². The minimum absolute atomic E-state index is 0.155. The number of benzene rings is 1. The number of hydrogen-bond donors (Lipinski definition) is 1. The fraction of sp³-hybridized carbons (Fsp3) is 0.125. The normalized spacial score (nSPS) is 10.4. The molecule has 0 aliphatic heterocycles. The molecule has 2 aromatic heterocycles. The van der Waals surface area contributed by atoms with Crippen molar-refractivity contribution >= 4 is 34.8 Å². The highest BCUT2D eigenvalue weighted by molar-refractivity contribution is 7.12. The maximum Gasteiger partial charge on any atom is 0.325 e. The summed E-state index contributed by atoms with van der Waals surface area (Å²) in [5.41, 5.74) is 0.706. The topological polar surface area (TPSA) is 94.3 Å². The summed E-state index contributed by atoms with van der Waals surface area (Å²) in [6.45, 7) is -0.413.